The smallest absolute Gasteiger partial charge is 0.323 e. The van der Waals surface area contributed by atoms with Gasteiger partial charge in [0.1, 0.15) is 0 Å². The van der Waals surface area contributed by atoms with E-state index in [4.69, 9.17) is 12.2 Å². The van der Waals surface area contributed by atoms with Crippen LogP contribution in [-0.2, 0) is 0 Å². The van der Waals surface area contributed by atoms with Crippen molar-refractivity contribution in [2.24, 2.45) is 0 Å². The maximum atomic E-state index is 11.3. The van der Waals surface area contributed by atoms with Crippen molar-refractivity contribution in [2.45, 2.75) is 38.1 Å². The summed E-state index contributed by atoms with van der Waals surface area (Å²) in [6.45, 7) is 1.39. The molecule has 0 unspecified atom stereocenters. The Morgan fingerprint density at radius 3 is 2.73 bits per heavy atom. The fraction of sp³-hybridized carbons (Fsp3) is 0.800. The predicted molar refractivity (Wildman–Crippen MR) is 62.7 cm³/mol. The first-order valence-electron chi connectivity index (χ1n) is 5.63. The lowest BCUT2D eigenvalue weighted by Gasteiger charge is -2.26. The quantitative estimate of drug-likeness (QED) is 0.662. The number of carbonyl (C=O) groups excluding carboxylic acids is 1. The van der Waals surface area contributed by atoms with Crippen LogP contribution in [0.2, 0.25) is 0 Å². The van der Waals surface area contributed by atoms with Crippen molar-refractivity contribution in [1.29, 1.82) is 0 Å². The second-order valence-corrected chi connectivity index (χ2v) is 4.55. The molecule has 5 heteroatoms. The fourth-order valence-electron chi connectivity index (χ4n) is 2.16. The van der Waals surface area contributed by atoms with Gasteiger partial charge in [0.25, 0.3) is 0 Å². The van der Waals surface area contributed by atoms with Gasteiger partial charge in [0.15, 0.2) is 5.11 Å². The molecule has 4 nitrogen and oxygen atoms in total. The van der Waals surface area contributed by atoms with Gasteiger partial charge in [-0.2, -0.15) is 0 Å². The van der Waals surface area contributed by atoms with E-state index in [1.54, 1.807) is 4.90 Å². The number of urea groups is 1. The molecule has 0 aromatic carbocycles. The highest BCUT2D eigenvalue weighted by Gasteiger charge is 2.25. The van der Waals surface area contributed by atoms with E-state index in [-0.39, 0.29) is 6.03 Å². The average Bonchev–Trinajstić information content (AvgIpc) is 2.66. The van der Waals surface area contributed by atoms with E-state index >= 15 is 0 Å². The molecular formula is C10H17N3OS. The number of hydrogen-bond donors (Lipinski definition) is 2. The Balaban J connectivity index is 1.82. The topological polar surface area (TPSA) is 44.4 Å². The summed E-state index contributed by atoms with van der Waals surface area (Å²) >= 11 is 5.23. The Bertz CT molecular complexity index is 263. The minimum Gasteiger partial charge on any atom is -0.359 e. The molecule has 0 aromatic rings. The first kappa shape index (κ1) is 10.7. The van der Waals surface area contributed by atoms with Gasteiger partial charge >= 0.3 is 6.03 Å². The van der Waals surface area contributed by atoms with E-state index in [1.165, 1.54) is 32.1 Å². The number of nitrogens with zero attached hydrogens (tertiary/aromatic N) is 1. The number of carbonyl (C=O) groups is 1. The molecular weight excluding hydrogens is 210 g/mol. The first-order chi connectivity index (χ1) is 7.27. The van der Waals surface area contributed by atoms with Crippen molar-refractivity contribution >= 4 is 23.4 Å². The largest absolute Gasteiger partial charge is 0.359 e. The van der Waals surface area contributed by atoms with E-state index in [9.17, 15) is 4.79 Å². The Labute approximate surface area is 95.4 Å². The number of rotatable bonds is 1. The second kappa shape index (κ2) is 4.79. The van der Waals surface area contributed by atoms with Crippen LogP contribution in [0.3, 0.4) is 0 Å². The molecule has 15 heavy (non-hydrogen) atoms. The van der Waals surface area contributed by atoms with Gasteiger partial charge in [0.05, 0.1) is 0 Å². The van der Waals surface area contributed by atoms with Crippen molar-refractivity contribution < 1.29 is 4.79 Å². The van der Waals surface area contributed by atoms with Gasteiger partial charge in [0.2, 0.25) is 0 Å². The van der Waals surface area contributed by atoms with Crippen LogP contribution in [0.5, 0.6) is 0 Å². The normalized spacial score (nSPS) is 22.7. The van der Waals surface area contributed by atoms with Crippen molar-refractivity contribution in [3.8, 4) is 0 Å². The molecule has 1 saturated heterocycles. The first-order valence-corrected chi connectivity index (χ1v) is 6.04. The highest BCUT2D eigenvalue weighted by Crippen LogP contribution is 2.17. The third kappa shape index (κ3) is 2.59. The third-order valence-electron chi connectivity index (χ3n) is 3.03. The summed E-state index contributed by atoms with van der Waals surface area (Å²) in [6, 6.07) is 0.406. The monoisotopic (exact) mass is 227 g/mol. The van der Waals surface area contributed by atoms with Gasteiger partial charge in [-0.3, -0.25) is 4.90 Å². The lowest BCUT2D eigenvalue weighted by molar-refractivity contribution is 0.233. The van der Waals surface area contributed by atoms with Crippen molar-refractivity contribution in [1.82, 2.24) is 15.5 Å². The maximum absolute atomic E-state index is 11.3. The van der Waals surface area contributed by atoms with Crippen LogP contribution in [0.15, 0.2) is 0 Å². The summed E-state index contributed by atoms with van der Waals surface area (Å²) in [5.41, 5.74) is 0. The van der Waals surface area contributed by atoms with Gasteiger partial charge in [-0.05, 0) is 25.1 Å². The minimum atomic E-state index is -0.0664. The van der Waals surface area contributed by atoms with Gasteiger partial charge in [-0.1, -0.05) is 19.3 Å². The number of nitrogens with one attached hydrogen (secondary N) is 2. The predicted octanol–water partition coefficient (Wildman–Crippen LogP) is 1.22. The zero-order valence-corrected chi connectivity index (χ0v) is 9.61. The maximum Gasteiger partial charge on any atom is 0.323 e. The van der Waals surface area contributed by atoms with E-state index in [2.05, 4.69) is 10.6 Å². The standard InChI is InChI=1S/C10H17N3OS/c14-9-11-6-7-13(9)10(15)12-8-4-2-1-3-5-8/h8H,1-7H2,(H,11,14)(H,12,15). The van der Waals surface area contributed by atoms with Gasteiger partial charge in [0, 0.05) is 19.1 Å². The molecule has 2 N–H and O–H groups in total. The van der Waals surface area contributed by atoms with Crippen LogP contribution in [0.25, 0.3) is 0 Å². The van der Waals surface area contributed by atoms with E-state index in [0.29, 0.717) is 24.2 Å². The molecule has 84 valence electrons. The second-order valence-electron chi connectivity index (χ2n) is 4.17. The van der Waals surface area contributed by atoms with Gasteiger partial charge in [-0.15, -0.1) is 0 Å². The third-order valence-corrected chi connectivity index (χ3v) is 3.37. The SMILES string of the molecule is O=C1NCCN1C(=S)NC1CCCCC1. The van der Waals surface area contributed by atoms with Crippen molar-refractivity contribution in [3.63, 3.8) is 0 Å². The molecule has 0 bridgehead atoms. The van der Waals surface area contributed by atoms with Crippen LogP contribution in [-0.4, -0.2) is 35.2 Å². The summed E-state index contributed by atoms with van der Waals surface area (Å²) < 4.78 is 0. The fourth-order valence-corrected chi connectivity index (χ4v) is 2.51. The van der Waals surface area contributed by atoms with E-state index in [1.807, 2.05) is 0 Å². The number of amides is 2. The van der Waals surface area contributed by atoms with Crippen LogP contribution in [0, 0.1) is 0 Å². The Morgan fingerprint density at radius 1 is 1.40 bits per heavy atom. The zero-order valence-electron chi connectivity index (χ0n) is 8.79. The summed E-state index contributed by atoms with van der Waals surface area (Å²) in [5, 5.41) is 6.63. The Morgan fingerprint density at radius 2 is 2.13 bits per heavy atom. The molecule has 2 rings (SSSR count). The summed E-state index contributed by atoms with van der Waals surface area (Å²) in [7, 11) is 0. The van der Waals surface area contributed by atoms with Crippen LogP contribution < -0.4 is 10.6 Å². The average molecular weight is 227 g/mol. The molecule has 1 aliphatic heterocycles. The molecule has 0 radical (unpaired) electrons. The van der Waals surface area contributed by atoms with Crippen LogP contribution in [0.1, 0.15) is 32.1 Å². The summed E-state index contributed by atoms with van der Waals surface area (Å²) in [5.74, 6) is 0. The Hall–Kier alpha value is -0.840. The molecule has 2 aliphatic rings. The minimum absolute atomic E-state index is 0.0664. The van der Waals surface area contributed by atoms with Crippen molar-refractivity contribution in [2.75, 3.05) is 13.1 Å². The van der Waals surface area contributed by atoms with E-state index < -0.39 is 0 Å². The van der Waals surface area contributed by atoms with Gasteiger partial charge < -0.3 is 10.6 Å². The molecule has 1 aliphatic carbocycles. The summed E-state index contributed by atoms with van der Waals surface area (Å²) in [4.78, 5) is 13.0. The summed E-state index contributed by atoms with van der Waals surface area (Å²) in [6.07, 6.45) is 6.22. The highest BCUT2D eigenvalue weighted by molar-refractivity contribution is 7.80. The molecule has 0 spiro atoms. The number of hydrogen-bond acceptors (Lipinski definition) is 2. The highest BCUT2D eigenvalue weighted by atomic mass is 32.1. The van der Waals surface area contributed by atoms with Crippen LogP contribution in [0.4, 0.5) is 4.79 Å². The van der Waals surface area contributed by atoms with E-state index in [0.717, 1.165) is 0 Å². The molecule has 1 saturated carbocycles. The Kier molecular flexibility index (Phi) is 3.41. The van der Waals surface area contributed by atoms with Crippen LogP contribution >= 0.6 is 12.2 Å². The molecule has 2 amide bonds. The number of thiocarbonyl (C=S) groups is 1. The van der Waals surface area contributed by atoms with Gasteiger partial charge in [-0.25, -0.2) is 4.79 Å². The lowest BCUT2D eigenvalue weighted by Crippen LogP contribution is -2.46. The lowest BCUT2D eigenvalue weighted by atomic mass is 9.96. The molecule has 1 heterocycles. The molecule has 0 atom stereocenters. The molecule has 2 fully saturated rings. The van der Waals surface area contributed by atoms with Crippen molar-refractivity contribution in [3.05, 3.63) is 0 Å². The molecule has 0 aromatic heterocycles. The zero-order chi connectivity index (χ0) is 10.7.